The molecule has 0 fully saturated rings. The molecule has 0 aliphatic carbocycles. The second kappa shape index (κ2) is 6.47. The molecule has 1 aromatic rings. The van der Waals surface area contributed by atoms with Crippen molar-refractivity contribution in [3.05, 3.63) is 24.0 Å². The van der Waals surface area contributed by atoms with Crippen molar-refractivity contribution in [2.24, 2.45) is 0 Å². The van der Waals surface area contributed by atoms with Gasteiger partial charge in [0.05, 0.1) is 17.8 Å². The highest BCUT2D eigenvalue weighted by Crippen LogP contribution is 2.27. The van der Waals surface area contributed by atoms with Gasteiger partial charge in [0, 0.05) is 6.07 Å². The summed E-state index contributed by atoms with van der Waals surface area (Å²) in [6.45, 7) is -0.333. The number of aliphatic hydroxyl groups is 1. The van der Waals surface area contributed by atoms with E-state index in [1.165, 1.54) is 0 Å². The maximum Gasteiger partial charge on any atom is 0.387 e. The van der Waals surface area contributed by atoms with E-state index in [2.05, 4.69) is 15.4 Å². The van der Waals surface area contributed by atoms with Crippen LogP contribution in [0.1, 0.15) is 13.8 Å². The maximum atomic E-state index is 13.0. The van der Waals surface area contributed by atoms with Gasteiger partial charge in [0.1, 0.15) is 5.82 Å². The van der Waals surface area contributed by atoms with Gasteiger partial charge >= 0.3 is 12.6 Å². The molecule has 0 saturated carbocycles. The lowest BCUT2D eigenvalue weighted by molar-refractivity contribution is -0.0495. The molecule has 112 valence electrons. The van der Waals surface area contributed by atoms with Gasteiger partial charge in [-0.25, -0.2) is 9.18 Å². The lowest BCUT2D eigenvalue weighted by atomic mass is 10.1. The molecule has 1 aromatic carbocycles. The third-order valence-corrected chi connectivity index (χ3v) is 2.26. The van der Waals surface area contributed by atoms with E-state index in [-0.39, 0.29) is 12.3 Å². The Hall–Kier alpha value is -1.96. The molecule has 20 heavy (non-hydrogen) atoms. The fourth-order valence-electron chi connectivity index (χ4n) is 1.29. The van der Waals surface area contributed by atoms with Crippen LogP contribution in [0.3, 0.4) is 0 Å². The van der Waals surface area contributed by atoms with Crippen LogP contribution in [0.15, 0.2) is 18.2 Å². The van der Waals surface area contributed by atoms with Crippen LogP contribution in [-0.2, 0) is 0 Å². The molecule has 1 rings (SSSR count). The van der Waals surface area contributed by atoms with Crippen LogP contribution in [0.5, 0.6) is 5.75 Å². The first-order valence-electron chi connectivity index (χ1n) is 5.68. The summed E-state index contributed by atoms with van der Waals surface area (Å²) in [5.41, 5.74) is -1.01. The summed E-state index contributed by atoms with van der Waals surface area (Å²) < 4.78 is 41.5. The van der Waals surface area contributed by atoms with Crippen molar-refractivity contribution in [3.63, 3.8) is 0 Å². The molecule has 0 saturated heterocycles. The molecule has 3 N–H and O–H groups in total. The monoisotopic (exact) mass is 292 g/mol. The molecule has 0 aliphatic rings. The lowest BCUT2D eigenvalue weighted by Crippen LogP contribution is -2.48. The number of aliphatic hydroxyl groups excluding tert-OH is 1. The molecule has 5 nitrogen and oxygen atoms in total. The number of benzene rings is 1. The number of nitrogens with one attached hydrogen (secondary N) is 2. The number of hydrogen-bond acceptors (Lipinski definition) is 3. The van der Waals surface area contributed by atoms with Crippen LogP contribution < -0.4 is 15.4 Å². The summed E-state index contributed by atoms with van der Waals surface area (Å²) >= 11 is 0. The normalized spacial score (nSPS) is 11.3. The summed E-state index contributed by atoms with van der Waals surface area (Å²) in [7, 11) is 0. The molecular weight excluding hydrogens is 277 g/mol. The molecule has 2 amide bonds. The van der Waals surface area contributed by atoms with Crippen molar-refractivity contribution >= 4 is 11.7 Å². The Morgan fingerprint density at radius 2 is 2.10 bits per heavy atom. The highest BCUT2D eigenvalue weighted by Gasteiger charge is 2.20. The minimum absolute atomic E-state index is 0.113. The van der Waals surface area contributed by atoms with Gasteiger partial charge in [-0.05, 0) is 26.0 Å². The highest BCUT2D eigenvalue weighted by molar-refractivity contribution is 5.91. The van der Waals surface area contributed by atoms with Gasteiger partial charge in [-0.2, -0.15) is 8.78 Å². The van der Waals surface area contributed by atoms with Crippen molar-refractivity contribution < 1.29 is 27.8 Å². The van der Waals surface area contributed by atoms with Crippen molar-refractivity contribution in [3.8, 4) is 5.75 Å². The molecule has 0 aliphatic heterocycles. The van der Waals surface area contributed by atoms with Crippen LogP contribution in [0.4, 0.5) is 23.7 Å². The van der Waals surface area contributed by atoms with E-state index in [1.807, 2.05) is 0 Å². The van der Waals surface area contributed by atoms with E-state index in [0.29, 0.717) is 0 Å². The minimum Gasteiger partial charge on any atom is -0.432 e. The van der Waals surface area contributed by atoms with Crippen molar-refractivity contribution in [1.82, 2.24) is 5.32 Å². The summed E-state index contributed by atoms with van der Waals surface area (Å²) in [6.07, 6.45) is 0. The third-order valence-electron chi connectivity index (χ3n) is 2.26. The van der Waals surface area contributed by atoms with E-state index < -0.39 is 29.7 Å². The molecular formula is C12H15F3N2O3. The average Bonchev–Trinajstić information content (AvgIpc) is 2.31. The first-order valence-corrected chi connectivity index (χ1v) is 5.68. The SMILES string of the molecule is CC(C)(CO)NC(=O)Nc1ccc(F)cc1OC(F)F. The average molecular weight is 292 g/mol. The van der Waals surface area contributed by atoms with Crippen LogP contribution in [0.2, 0.25) is 0 Å². The Balaban J connectivity index is 2.83. The first-order chi connectivity index (χ1) is 9.23. The second-order valence-corrected chi connectivity index (χ2v) is 4.64. The van der Waals surface area contributed by atoms with Gasteiger partial charge < -0.3 is 20.5 Å². The van der Waals surface area contributed by atoms with Gasteiger partial charge in [-0.1, -0.05) is 0 Å². The molecule has 0 aromatic heterocycles. The van der Waals surface area contributed by atoms with Gasteiger partial charge in [-0.15, -0.1) is 0 Å². The van der Waals surface area contributed by atoms with Gasteiger partial charge in [0.15, 0.2) is 5.75 Å². The second-order valence-electron chi connectivity index (χ2n) is 4.64. The standard InChI is InChI=1S/C12H15F3N2O3/c1-12(2,6-18)17-11(19)16-8-4-3-7(13)5-9(8)20-10(14)15/h3-5,10,18H,6H2,1-2H3,(H2,16,17,19). The van der Waals surface area contributed by atoms with Crippen molar-refractivity contribution in [1.29, 1.82) is 0 Å². The van der Waals surface area contributed by atoms with E-state index in [0.717, 1.165) is 18.2 Å². The van der Waals surface area contributed by atoms with Crippen LogP contribution >= 0.6 is 0 Å². The quantitative estimate of drug-likeness (QED) is 0.780. The zero-order valence-electron chi connectivity index (χ0n) is 10.9. The van der Waals surface area contributed by atoms with E-state index >= 15 is 0 Å². The van der Waals surface area contributed by atoms with Gasteiger partial charge in [0.25, 0.3) is 0 Å². The summed E-state index contributed by atoms with van der Waals surface area (Å²) in [5.74, 6) is -1.26. The fraction of sp³-hybridized carbons (Fsp3) is 0.417. The molecule has 0 radical (unpaired) electrons. The van der Waals surface area contributed by atoms with Crippen LogP contribution in [0, 0.1) is 5.82 Å². The number of carbonyl (C=O) groups is 1. The number of carbonyl (C=O) groups excluding carboxylic acids is 1. The van der Waals surface area contributed by atoms with Crippen LogP contribution in [-0.4, -0.2) is 29.9 Å². The summed E-state index contributed by atoms with van der Waals surface area (Å²) in [6, 6.07) is 2.08. The number of anilines is 1. The maximum absolute atomic E-state index is 13.0. The number of ether oxygens (including phenoxy) is 1. The number of alkyl halides is 2. The predicted octanol–water partition coefficient (Wildman–Crippen LogP) is 2.32. The Morgan fingerprint density at radius 3 is 2.65 bits per heavy atom. The number of hydrogen-bond donors (Lipinski definition) is 3. The molecule has 0 atom stereocenters. The number of amides is 2. The largest absolute Gasteiger partial charge is 0.432 e. The Bertz CT molecular complexity index is 481. The van der Waals surface area contributed by atoms with Crippen molar-refractivity contribution in [2.45, 2.75) is 26.0 Å². The fourth-order valence-corrected chi connectivity index (χ4v) is 1.29. The van der Waals surface area contributed by atoms with Crippen LogP contribution in [0.25, 0.3) is 0 Å². The van der Waals surface area contributed by atoms with E-state index in [9.17, 15) is 18.0 Å². The van der Waals surface area contributed by atoms with Gasteiger partial charge in [-0.3, -0.25) is 0 Å². The topological polar surface area (TPSA) is 70.6 Å². The van der Waals surface area contributed by atoms with E-state index in [4.69, 9.17) is 5.11 Å². The molecule has 0 spiro atoms. The first kappa shape index (κ1) is 16.1. The lowest BCUT2D eigenvalue weighted by Gasteiger charge is -2.24. The predicted molar refractivity (Wildman–Crippen MR) is 66.4 cm³/mol. The Labute approximate surface area is 113 Å². The Kier molecular flexibility index (Phi) is 5.20. The van der Waals surface area contributed by atoms with Gasteiger partial charge in [0.2, 0.25) is 0 Å². The zero-order chi connectivity index (χ0) is 15.3. The minimum atomic E-state index is -3.14. The molecule has 0 bridgehead atoms. The smallest absolute Gasteiger partial charge is 0.387 e. The van der Waals surface area contributed by atoms with E-state index in [1.54, 1.807) is 13.8 Å². The number of urea groups is 1. The zero-order valence-corrected chi connectivity index (χ0v) is 10.9. The molecule has 0 unspecified atom stereocenters. The number of halogens is 3. The van der Waals surface area contributed by atoms with Crippen molar-refractivity contribution in [2.75, 3.05) is 11.9 Å². The number of rotatable bonds is 5. The summed E-state index contributed by atoms with van der Waals surface area (Å²) in [4.78, 5) is 11.6. The molecule has 8 heteroatoms. The summed E-state index contributed by atoms with van der Waals surface area (Å²) in [5, 5.41) is 13.7. The highest BCUT2D eigenvalue weighted by atomic mass is 19.3. The Morgan fingerprint density at radius 1 is 1.45 bits per heavy atom. The third kappa shape index (κ3) is 4.96. The molecule has 0 heterocycles.